The maximum absolute atomic E-state index is 12.7. The van der Waals surface area contributed by atoms with Gasteiger partial charge in [0.05, 0.1) is 12.1 Å². The molecule has 1 saturated heterocycles. The highest BCUT2D eigenvalue weighted by Crippen LogP contribution is 2.23. The zero-order valence-electron chi connectivity index (χ0n) is 14.8. The first-order chi connectivity index (χ1) is 12.7. The largest absolute Gasteiger partial charge is 0.367 e. The fraction of sp³-hybridized carbons (Fsp3) is 0.316. The molecule has 0 aliphatic carbocycles. The van der Waals surface area contributed by atoms with Crippen LogP contribution < -0.4 is 15.5 Å². The number of amides is 2. The Balaban J connectivity index is 1.70. The smallest absolute Gasteiger partial charge is 0.257 e. The van der Waals surface area contributed by atoms with E-state index in [1.54, 1.807) is 31.6 Å². The van der Waals surface area contributed by atoms with Crippen LogP contribution in [0.15, 0.2) is 48.8 Å². The number of para-hydroxylation sites is 1. The van der Waals surface area contributed by atoms with Gasteiger partial charge in [-0.1, -0.05) is 12.1 Å². The molecule has 1 fully saturated rings. The number of likely N-dealkylation sites (N-methyl/N-ethyl adjacent to an activating group) is 1. The van der Waals surface area contributed by atoms with E-state index in [2.05, 4.69) is 20.5 Å². The third-order valence-corrected chi connectivity index (χ3v) is 4.39. The average molecular weight is 353 g/mol. The number of aromatic nitrogens is 1. The van der Waals surface area contributed by atoms with Gasteiger partial charge >= 0.3 is 0 Å². The topological polar surface area (TPSA) is 77.6 Å². The van der Waals surface area contributed by atoms with Gasteiger partial charge in [-0.2, -0.15) is 0 Å². The maximum atomic E-state index is 12.7. The summed E-state index contributed by atoms with van der Waals surface area (Å²) in [5, 5.41) is 5.80. The van der Waals surface area contributed by atoms with Gasteiger partial charge in [0.25, 0.3) is 5.91 Å². The number of carbonyl (C=O) groups excluding carboxylic acids is 2. The summed E-state index contributed by atoms with van der Waals surface area (Å²) in [5.74, 6) is -0.0450. The Bertz CT molecular complexity index is 758. The Morgan fingerprint density at radius 3 is 2.42 bits per heavy atom. The Morgan fingerprint density at radius 2 is 1.73 bits per heavy atom. The van der Waals surface area contributed by atoms with Crippen LogP contribution in [0.2, 0.25) is 0 Å². The summed E-state index contributed by atoms with van der Waals surface area (Å²) in [6.07, 6.45) is 3.28. The van der Waals surface area contributed by atoms with Crippen LogP contribution in [0.1, 0.15) is 10.4 Å². The monoisotopic (exact) mass is 353 g/mol. The van der Waals surface area contributed by atoms with E-state index in [1.807, 2.05) is 29.2 Å². The van der Waals surface area contributed by atoms with E-state index in [1.165, 1.54) is 0 Å². The number of benzene rings is 1. The van der Waals surface area contributed by atoms with Gasteiger partial charge in [-0.3, -0.25) is 14.6 Å². The van der Waals surface area contributed by atoms with Crippen LogP contribution in [0.25, 0.3) is 0 Å². The second kappa shape index (κ2) is 8.44. The van der Waals surface area contributed by atoms with Gasteiger partial charge < -0.3 is 20.4 Å². The number of anilines is 2. The number of nitrogens with one attached hydrogen (secondary N) is 2. The van der Waals surface area contributed by atoms with Crippen LogP contribution in [0, 0.1) is 0 Å². The van der Waals surface area contributed by atoms with Crippen molar-refractivity contribution in [1.29, 1.82) is 0 Å². The van der Waals surface area contributed by atoms with E-state index < -0.39 is 0 Å². The number of hydrogen-bond acceptors (Lipinski definition) is 5. The van der Waals surface area contributed by atoms with Crippen molar-refractivity contribution in [3.63, 3.8) is 0 Å². The summed E-state index contributed by atoms with van der Waals surface area (Å²) in [6, 6.07) is 11.1. The van der Waals surface area contributed by atoms with Crippen molar-refractivity contribution in [2.45, 2.75) is 0 Å². The molecule has 7 heteroatoms. The summed E-state index contributed by atoms with van der Waals surface area (Å²) in [5.41, 5.74) is 2.22. The van der Waals surface area contributed by atoms with Crippen LogP contribution in [-0.4, -0.2) is 61.5 Å². The lowest BCUT2D eigenvalue weighted by Crippen LogP contribution is -2.51. The molecule has 3 rings (SSSR count). The number of nitrogens with zero attached hydrogens (tertiary/aromatic N) is 3. The lowest BCUT2D eigenvalue weighted by Gasteiger charge is -2.36. The summed E-state index contributed by atoms with van der Waals surface area (Å²) >= 11 is 0. The van der Waals surface area contributed by atoms with Gasteiger partial charge in [0.2, 0.25) is 5.91 Å². The third-order valence-electron chi connectivity index (χ3n) is 4.39. The molecule has 2 heterocycles. The van der Waals surface area contributed by atoms with Crippen LogP contribution in [-0.2, 0) is 4.79 Å². The fourth-order valence-corrected chi connectivity index (χ4v) is 3.03. The van der Waals surface area contributed by atoms with Gasteiger partial charge in [-0.15, -0.1) is 0 Å². The molecule has 1 aliphatic rings. The summed E-state index contributed by atoms with van der Waals surface area (Å²) in [4.78, 5) is 32.7. The van der Waals surface area contributed by atoms with Crippen molar-refractivity contribution < 1.29 is 9.59 Å². The van der Waals surface area contributed by atoms with Crippen molar-refractivity contribution in [3.8, 4) is 0 Å². The minimum absolute atomic E-state index is 0.107. The highest BCUT2D eigenvalue weighted by molar-refractivity contribution is 6.08. The highest BCUT2D eigenvalue weighted by Gasteiger charge is 2.23. The van der Waals surface area contributed by atoms with Crippen LogP contribution >= 0.6 is 0 Å². The first-order valence-corrected chi connectivity index (χ1v) is 8.67. The van der Waals surface area contributed by atoms with Crippen LogP contribution in [0.4, 0.5) is 11.4 Å². The lowest BCUT2D eigenvalue weighted by molar-refractivity contribution is -0.130. The van der Waals surface area contributed by atoms with Crippen molar-refractivity contribution in [1.82, 2.24) is 15.2 Å². The molecule has 0 radical (unpaired) electrons. The molecule has 26 heavy (non-hydrogen) atoms. The lowest BCUT2D eigenvalue weighted by atomic mass is 10.1. The van der Waals surface area contributed by atoms with E-state index in [0.29, 0.717) is 44.0 Å². The Kier molecular flexibility index (Phi) is 5.80. The molecule has 2 amide bonds. The van der Waals surface area contributed by atoms with Crippen molar-refractivity contribution in [3.05, 3.63) is 54.4 Å². The van der Waals surface area contributed by atoms with Gasteiger partial charge in [-0.05, 0) is 31.3 Å². The molecule has 1 aromatic carbocycles. The van der Waals surface area contributed by atoms with E-state index in [4.69, 9.17) is 0 Å². The quantitative estimate of drug-likeness (QED) is 0.845. The first-order valence-electron chi connectivity index (χ1n) is 8.67. The van der Waals surface area contributed by atoms with Crippen LogP contribution in [0.5, 0.6) is 0 Å². The molecule has 2 N–H and O–H groups in total. The SMILES string of the molecule is CNCC(=O)N1CCN(c2ccccc2C(=O)Nc2ccncc2)CC1. The molecular formula is C19H23N5O2. The molecule has 0 bridgehead atoms. The maximum Gasteiger partial charge on any atom is 0.257 e. The number of piperazine rings is 1. The molecule has 0 unspecified atom stereocenters. The molecule has 2 aromatic rings. The average Bonchev–Trinajstić information content (AvgIpc) is 2.69. The van der Waals surface area contributed by atoms with Gasteiger partial charge in [0, 0.05) is 49.9 Å². The Hall–Kier alpha value is -2.93. The van der Waals surface area contributed by atoms with Gasteiger partial charge in [-0.25, -0.2) is 0 Å². The molecule has 136 valence electrons. The standard InChI is InChI=1S/C19H23N5O2/c1-20-14-18(25)24-12-10-23(11-13-24)17-5-3-2-4-16(17)19(26)22-15-6-8-21-9-7-15/h2-9,20H,10-14H2,1H3,(H,21,22,26). The van der Waals surface area contributed by atoms with Crippen molar-refractivity contribution in [2.24, 2.45) is 0 Å². The highest BCUT2D eigenvalue weighted by atomic mass is 16.2. The zero-order chi connectivity index (χ0) is 18.4. The second-order valence-electron chi connectivity index (χ2n) is 6.11. The molecule has 1 aliphatic heterocycles. The van der Waals surface area contributed by atoms with E-state index in [-0.39, 0.29) is 11.8 Å². The Morgan fingerprint density at radius 1 is 1.04 bits per heavy atom. The van der Waals surface area contributed by atoms with Crippen molar-refractivity contribution >= 4 is 23.2 Å². The van der Waals surface area contributed by atoms with E-state index in [9.17, 15) is 9.59 Å². The molecule has 0 atom stereocenters. The molecular weight excluding hydrogens is 330 g/mol. The second-order valence-corrected chi connectivity index (χ2v) is 6.11. The van der Waals surface area contributed by atoms with Crippen molar-refractivity contribution in [2.75, 3.05) is 50.0 Å². The predicted molar refractivity (Wildman–Crippen MR) is 101 cm³/mol. The minimum atomic E-state index is -0.152. The molecule has 0 spiro atoms. The summed E-state index contributed by atoms with van der Waals surface area (Å²) < 4.78 is 0. The number of carbonyl (C=O) groups is 2. The minimum Gasteiger partial charge on any atom is -0.367 e. The number of pyridine rings is 1. The fourth-order valence-electron chi connectivity index (χ4n) is 3.03. The van der Waals surface area contributed by atoms with Gasteiger partial charge in [0.1, 0.15) is 0 Å². The number of hydrogen-bond donors (Lipinski definition) is 2. The normalized spacial score (nSPS) is 14.2. The van der Waals surface area contributed by atoms with Gasteiger partial charge in [0.15, 0.2) is 0 Å². The first kappa shape index (κ1) is 17.9. The Labute approximate surface area is 153 Å². The van der Waals surface area contributed by atoms with E-state index in [0.717, 1.165) is 5.69 Å². The van der Waals surface area contributed by atoms with E-state index >= 15 is 0 Å². The molecule has 7 nitrogen and oxygen atoms in total. The molecule has 1 aromatic heterocycles. The third kappa shape index (κ3) is 4.18. The predicted octanol–water partition coefficient (Wildman–Crippen LogP) is 1.20. The van der Waals surface area contributed by atoms with Crippen LogP contribution in [0.3, 0.4) is 0 Å². The summed E-state index contributed by atoms with van der Waals surface area (Å²) in [6.45, 7) is 3.07. The molecule has 0 saturated carbocycles. The number of rotatable bonds is 5. The zero-order valence-corrected chi connectivity index (χ0v) is 14.8. The summed E-state index contributed by atoms with van der Waals surface area (Å²) in [7, 11) is 1.77.